The third kappa shape index (κ3) is 10.7. The molecule has 2 unspecified atom stereocenters. The Morgan fingerprint density at radius 1 is 1.18 bits per heavy atom. The van der Waals surface area contributed by atoms with E-state index in [0.717, 1.165) is 0 Å². The summed E-state index contributed by atoms with van der Waals surface area (Å²) in [6.45, 7) is 22.7. The Kier molecular flexibility index (Phi) is 13.0. The number of unbranched alkanes of at least 4 members (excludes halogenated alkanes) is 1. The van der Waals surface area contributed by atoms with Crippen LogP contribution in [-0.2, 0) is 18.7 Å². The van der Waals surface area contributed by atoms with Crippen LogP contribution in [0.15, 0.2) is 5.38 Å². The molecule has 216 valence electrons. The number of amides is 1. The average molecular weight is 569 g/mol. The van der Waals surface area contributed by atoms with Crippen molar-refractivity contribution in [2.45, 2.75) is 117 Å². The molecule has 1 aromatic heterocycles. The van der Waals surface area contributed by atoms with Crippen molar-refractivity contribution in [1.29, 1.82) is 0 Å². The molecule has 0 saturated carbocycles. The molecule has 10 heteroatoms. The number of aromatic nitrogens is 1. The number of hydrogen-bond acceptors (Lipinski definition) is 8. The van der Waals surface area contributed by atoms with Crippen LogP contribution in [0, 0.1) is 18.3 Å². The third-order valence-corrected chi connectivity index (χ3v) is 11.7. The summed E-state index contributed by atoms with van der Waals surface area (Å²) in [6.07, 6.45) is 5.94. The Morgan fingerprint density at radius 3 is 2.32 bits per heavy atom. The van der Waals surface area contributed by atoms with Crippen LogP contribution in [0.4, 0.5) is 4.79 Å². The van der Waals surface area contributed by atoms with Gasteiger partial charge in [-0.1, -0.05) is 34.6 Å². The minimum absolute atomic E-state index is 0.00477. The molecule has 1 aromatic rings. The number of thiazole rings is 1. The molecule has 0 aliphatic rings. The zero-order valence-corrected chi connectivity index (χ0v) is 27.0. The Morgan fingerprint density at radius 2 is 1.82 bits per heavy atom. The molecule has 1 amide bonds. The van der Waals surface area contributed by atoms with Crippen molar-refractivity contribution in [2.75, 3.05) is 13.2 Å². The third-order valence-electron chi connectivity index (χ3n) is 6.32. The standard InChI is InChI=1S/C28H48N2O6SSi/c1-13-15-16-17-34-30(26(32)35-27(5,6)7)22(20(3)4)18-23(36-38(11,12)28(8,9)10)24-29-21(19-37-24)25(31)33-14-2/h1,19-20,22-23H,14-18H2,2-12H3. The first-order chi connectivity index (χ1) is 17.4. The number of hydroxylamine groups is 2. The first-order valence-electron chi connectivity index (χ1n) is 13.3. The predicted octanol–water partition coefficient (Wildman–Crippen LogP) is 7.38. The molecule has 0 N–H and O–H groups in total. The summed E-state index contributed by atoms with van der Waals surface area (Å²) in [5, 5.41) is 3.65. The van der Waals surface area contributed by atoms with Crippen LogP contribution < -0.4 is 0 Å². The molecule has 0 aromatic carbocycles. The van der Waals surface area contributed by atoms with Gasteiger partial charge in [-0.25, -0.2) is 14.6 Å². The normalized spacial score (nSPS) is 14.1. The van der Waals surface area contributed by atoms with E-state index in [-0.39, 0.29) is 35.9 Å². The molecule has 2 atom stereocenters. The van der Waals surface area contributed by atoms with E-state index in [1.54, 1.807) is 12.3 Å². The second-order valence-corrected chi connectivity index (χ2v) is 17.8. The summed E-state index contributed by atoms with van der Waals surface area (Å²) in [4.78, 5) is 36.3. The maximum atomic E-state index is 13.3. The lowest BCUT2D eigenvalue weighted by atomic mass is 9.98. The molecular weight excluding hydrogens is 520 g/mol. The molecule has 0 bridgehead atoms. The molecule has 0 spiro atoms. The second kappa shape index (κ2) is 14.5. The highest BCUT2D eigenvalue weighted by atomic mass is 32.1. The molecule has 0 fully saturated rings. The highest BCUT2D eigenvalue weighted by Crippen LogP contribution is 2.42. The van der Waals surface area contributed by atoms with Crippen molar-refractivity contribution in [3.05, 3.63) is 16.1 Å². The van der Waals surface area contributed by atoms with E-state index in [0.29, 0.717) is 24.3 Å². The van der Waals surface area contributed by atoms with Gasteiger partial charge in [0, 0.05) is 18.2 Å². The predicted molar refractivity (Wildman–Crippen MR) is 154 cm³/mol. The van der Waals surface area contributed by atoms with Gasteiger partial charge in [0.15, 0.2) is 14.0 Å². The van der Waals surface area contributed by atoms with Crippen LogP contribution >= 0.6 is 11.3 Å². The van der Waals surface area contributed by atoms with E-state index < -0.39 is 32.1 Å². The van der Waals surface area contributed by atoms with Crippen molar-refractivity contribution in [2.24, 2.45) is 5.92 Å². The Balaban J connectivity index is 3.46. The zero-order chi connectivity index (χ0) is 29.3. The van der Waals surface area contributed by atoms with Gasteiger partial charge in [0.1, 0.15) is 10.6 Å². The Hall–Kier alpha value is -1.93. The van der Waals surface area contributed by atoms with Crippen LogP contribution in [-0.4, -0.2) is 55.3 Å². The van der Waals surface area contributed by atoms with Crippen molar-refractivity contribution in [3.8, 4) is 12.3 Å². The SMILES string of the molecule is C#CCCCON(C(=O)OC(C)(C)C)C(CC(O[Si](C)(C)C(C)(C)C)c1nc(C(=O)OCC)cs1)C(C)C. The number of esters is 1. The fourth-order valence-electron chi connectivity index (χ4n) is 3.25. The number of ether oxygens (including phenoxy) is 2. The van der Waals surface area contributed by atoms with Crippen molar-refractivity contribution >= 4 is 31.7 Å². The van der Waals surface area contributed by atoms with Gasteiger partial charge in [-0.3, -0.25) is 4.84 Å². The average Bonchev–Trinajstić information content (AvgIpc) is 3.25. The Bertz CT molecular complexity index is 942. The van der Waals surface area contributed by atoms with Crippen LogP contribution in [0.1, 0.15) is 103 Å². The smallest absolute Gasteiger partial charge is 0.434 e. The number of nitrogens with zero attached hydrogens (tertiary/aromatic N) is 2. The summed E-state index contributed by atoms with van der Waals surface area (Å²) in [7, 11) is -2.27. The molecule has 0 aliphatic heterocycles. The van der Waals surface area contributed by atoms with Gasteiger partial charge in [0.05, 0.1) is 25.4 Å². The lowest BCUT2D eigenvalue weighted by Gasteiger charge is -2.41. The number of rotatable bonds is 13. The highest BCUT2D eigenvalue weighted by Gasteiger charge is 2.42. The minimum atomic E-state index is -2.27. The molecule has 0 saturated heterocycles. The van der Waals surface area contributed by atoms with E-state index >= 15 is 0 Å². The van der Waals surface area contributed by atoms with Gasteiger partial charge < -0.3 is 13.9 Å². The number of hydrogen-bond donors (Lipinski definition) is 0. The van der Waals surface area contributed by atoms with E-state index in [4.69, 9.17) is 25.2 Å². The summed E-state index contributed by atoms with van der Waals surface area (Å²) in [5.74, 6) is 2.14. The van der Waals surface area contributed by atoms with Crippen LogP contribution in [0.2, 0.25) is 18.1 Å². The van der Waals surface area contributed by atoms with Gasteiger partial charge in [0.2, 0.25) is 0 Å². The molecule has 0 radical (unpaired) electrons. The number of carbonyl (C=O) groups excluding carboxylic acids is 2. The second-order valence-electron chi connectivity index (χ2n) is 12.2. The zero-order valence-electron chi connectivity index (χ0n) is 25.2. The lowest BCUT2D eigenvalue weighted by molar-refractivity contribution is -0.183. The number of carbonyl (C=O) groups is 2. The lowest BCUT2D eigenvalue weighted by Crippen LogP contribution is -2.48. The van der Waals surface area contributed by atoms with Gasteiger partial charge in [-0.05, 0) is 58.2 Å². The molecule has 1 rings (SSSR count). The quantitative estimate of drug-likeness (QED) is 0.0806. The van der Waals surface area contributed by atoms with Gasteiger partial charge in [-0.15, -0.1) is 23.7 Å². The molecule has 1 heterocycles. The van der Waals surface area contributed by atoms with Crippen LogP contribution in [0.25, 0.3) is 0 Å². The maximum absolute atomic E-state index is 13.3. The van der Waals surface area contributed by atoms with E-state index in [1.807, 2.05) is 34.6 Å². The van der Waals surface area contributed by atoms with E-state index in [1.165, 1.54) is 16.4 Å². The van der Waals surface area contributed by atoms with E-state index in [9.17, 15) is 9.59 Å². The van der Waals surface area contributed by atoms with Crippen molar-refractivity contribution in [1.82, 2.24) is 10.0 Å². The topological polar surface area (TPSA) is 87.2 Å². The summed E-state index contributed by atoms with van der Waals surface area (Å²) in [6, 6.07) is -0.389. The largest absolute Gasteiger partial charge is 0.461 e. The van der Waals surface area contributed by atoms with Crippen LogP contribution in [0.5, 0.6) is 0 Å². The molecule has 0 aliphatic carbocycles. The van der Waals surface area contributed by atoms with Gasteiger partial charge in [-0.2, -0.15) is 5.06 Å². The fourth-order valence-corrected chi connectivity index (χ4v) is 5.44. The van der Waals surface area contributed by atoms with Gasteiger partial charge in [0.25, 0.3) is 0 Å². The van der Waals surface area contributed by atoms with Crippen molar-refractivity contribution < 1.29 is 28.3 Å². The first kappa shape index (κ1) is 34.1. The molecule has 8 nitrogen and oxygen atoms in total. The summed E-state index contributed by atoms with van der Waals surface area (Å²) < 4.78 is 17.7. The van der Waals surface area contributed by atoms with E-state index in [2.05, 4.69) is 44.8 Å². The van der Waals surface area contributed by atoms with Crippen LogP contribution in [0.3, 0.4) is 0 Å². The maximum Gasteiger partial charge on any atom is 0.434 e. The Labute approximate surface area is 234 Å². The van der Waals surface area contributed by atoms with Crippen molar-refractivity contribution in [3.63, 3.8) is 0 Å². The molecular formula is C28H48N2O6SSi. The highest BCUT2D eigenvalue weighted by molar-refractivity contribution is 7.09. The monoisotopic (exact) mass is 568 g/mol. The van der Waals surface area contributed by atoms with Gasteiger partial charge >= 0.3 is 12.1 Å². The summed E-state index contributed by atoms with van der Waals surface area (Å²) >= 11 is 1.36. The fraction of sp³-hybridized carbons (Fsp3) is 0.750. The first-order valence-corrected chi connectivity index (χ1v) is 17.1. The number of terminal acetylenes is 1. The minimum Gasteiger partial charge on any atom is -0.461 e. The molecule has 38 heavy (non-hydrogen) atoms. The summed E-state index contributed by atoms with van der Waals surface area (Å²) in [5.41, 5.74) is -0.439.